The molecule has 0 radical (unpaired) electrons. The molecule has 0 aliphatic heterocycles. The molecule has 0 aromatic carbocycles. The predicted molar refractivity (Wildman–Crippen MR) is 59.9 cm³/mol. The molecular weight excluding hydrogens is 281 g/mol. The summed E-state index contributed by atoms with van der Waals surface area (Å²) in [6.07, 6.45) is 1.55. The van der Waals surface area contributed by atoms with E-state index in [0.29, 0.717) is 6.42 Å². The molecule has 0 bridgehead atoms. The molecule has 0 saturated carbocycles. The molecule has 1 aliphatic rings. The third kappa shape index (κ3) is 1.72. The third-order valence-corrected chi connectivity index (χ3v) is 7.81. The average Bonchev–Trinajstić information content (AvgIpc) is 2.46. The summed E-state index contributed by atoms with van der Waals surface area (Å²) in [6.45, 7) is 0. The van der Waals surface area contributed by atoms with Crippen LogP contribution >= 0.6 is 0 Å². The molecular formula is C11H15NOSn. The standard InChI is InChI=1S/C8H6NO.3CH3.Sn/c10-7-4-3-6-2-1-5-9-8(6)7;;;;/h1-2H,3-4H2;3*1H3;. The van der Waals surface area contributed by atoms with Gasteiger partial charge in [-0.05, 0) is 0 Å². The number of nitrogens with zero attached hydrogens (tertiary/aromatic N) is 1. The van der Waals surface area contributed by atoms with E-state index < -0.39 is 18.4 Å². The molecule has 0 unspecified atom stereocenters. The molecule has 14 heavy (non-hydrogen) atoms. The van der Waals surface area contributed by atoms with Crippen LogP contribution in [0.1, 0.15) is 22.5 Å². The monoisotopic (exact) mass is 297 g/mol. The summed E-state index contributed by atoms with van der Waals surface area (Å²) < 4.78 is 1.22. The van der Waals surface area contributed by atoms with Gasteiger partial charge < -0.3 is 0 Å². The maximum atomic E-state index is 11.5. The van der Waals surface area contributed by atoms with Gasteiger partial charge in [0, 0.05) is 0 Å². The first kappa shape index (κ1) is 10.1. The Bertz CT molecular complexity index is 393. The Morgan fingerprint density at radius 1 is 1.21 bits per heavy atom. The number of fused-ring (bicyclic) bond motifs is 1. The Balaban J connectivity index is 2.50. The molecule has 0 N–H and O–H groups in total. The van der Waals surface area contributed by atoms with Crippen molar-refractivity contribution in [2.75, 3.05) is 0 Å². The van der Waals surface area contributed by atoms with E-state index in [-0.39, 0.29) is 5.78 Å². The van der Waals surface area contributed by atoms with Crippen LogP contribution in [0.3, 0.4) is 0 Å². The van der Waals surface area contributed by atoms with Crippen molar-refractivity contribution in [2.24, 2.45) is 0 Å². The van der Waals surface area contributed by atoms with Gasteiger partial charge in [-0.3, -0.25) is 0 Å². The van der Waals surface area contributed by atoms with Crippen molar-refractivity contribution in [1.82, 2.24) is 4.98 Å². The average molecular weight is 296 g/mol. The van der Waals surface area contributed by atoms with Crippen molar-refractivity contribution in [1.29, 1.82) is 0 Å². The van der Waals surface area contributed by atoms with Gasteiger partial charge in [0.15, 0.2) is 0 Å². The van der Waals surface area contributed by atoms with E-state index in [4.69, 9.17) is 0 Å². The Hall–Kier alpha value is -0.381. The van der Waals surface area contributed by atoms with Crippen LogP contribution in [0.2, 0.25) is 14.8 Å². The second kappa shape index (κ2) is 3.33. The zero-order valence-corrected chi connectivity index (χ0v) is 11.8. The number of aryl methyl sites for hydroxylation is 1. The van der Waals surface area contributed by atoms with Gasteiger partial charge in [0.05, 0.1) is 0 Å². The molecule has 0 saturated heterocycles. The number of pyridine rings is 1. The van der Waals surface area contributed by atoms with Gasteiger partial charge >= 0.3 is 88.7 Å². The summed E-state index contributed by atoms with van der Waals surface area (Å²) in [7, 11) is 0. The zero-order chi connectivity index (χ0) is 10.3. The number of carbonyl (C=O) groups is 1. The molecule has 2 nitrogen and oxygen atoms in total. The van der Waals surface area contributed by atoms with E-state index in [1.807, 2.05) is 0 Å². The van der Waals surface area contributed by atoms with E-state index in [0.717, 1.165) is 17.7 Å². The molecule has 1 aromatic heterocycles. The molecule has 0 amide bonds. The fraction of sp³-hybridized carbons (Fsp3) is 0.455. The van der Waals surface area contributed by atoms with Crippen molar-refractivity contribution in [3.8, 4) is 0 Å². The number of hydrogen-bond acceptors (Lipinski definition) is 2. The van der Waals surface area contributed by atoms with E-state index in [1.165, 1.54) is 3.71 Å². The molecule has 0 fully saturated rings. The number of hydrogen-bond donors (Lipinski definition) is 0. The van der Waals surface area contributed by atoms with Crippen LogP contribution in [-0.2, 0) is 6.42 Å². The Morgan fingerprint density at radius 3 is 2.57 bits per heavy atom. The van der Waals surface area contributed by atoms with Crippen molar-refractivity contribution >= 4 is 27.9 Å². The third-order valence-electron chi connectivity index (χ3n) is 2.63. The van der Waals surface area contributed by atoms with Crippen molar-refractivity contribution in [3.63, 3.8) is 0 Å². The molecule has 1 aliphatic carbocycles. The van der Waals surface area contributed by atoms with Gasteiger partial charge in [0.2, 0.25) is 0 Å². The first-order valence-corrected chi connectivity index (χ1v) is 15.0. The number of rotatable bonds is 1. The molecule has 1 heterocycles. The summed E-state index contributed by atoms with van der Waals surface area (Å²) >= 11 is -2.08. The number of Topliss-reactive ketones (excluding diaryl/α,β-unsaturated/α-hetero) is 1. The summed E-state index contributed by atoms with van der Waals surface area (Å²) in [4.78, 5) is 23.0. The summed E-state index contributed by atoms with van der Waals surface area (Å²) in [5, 5.41) is 0. The van der Waals surface area contributed by atoms with Crippen LogP contribution in [0.5, 0.6) is 0 Å². The second-order valence-electron chi connectivity index (χ2n) is 4.88. The Morgan fingerprint density at radius 2 is 1.93 bits per heavy atom. The van der Waals surface area contributed by atoms with Crippen LogP contribution in [0.25, 0.3) is 0 Å². The van der Waals surface area contributed by atoms with E-state index in [2.05, 4.69) is 31.9 Å². The van der Waals surface area contributed by atoms with Gasteiger partial charge in [-0.25, -0.2) is 0 Å². The number of ketones is 1. The van der Waals surface area contributed by atoms with Crippen LogP contribution in [0.4, 0.5) is 0 Å². The summed E-state index contributed by atoms with van der Waals surface area (Å²) in [5.41, 5.74) is 1.91. The quantitative estimate of drug-likeness (QED) is 0.739. The zero-order valence-electron chi connectivity index (χ0n) is 8.92. The minimum atomic E-state index is -2.08. The van der Waals surface area contributed by atoms with E-state index >= 15 is 0 Å². The van der Waals surface area contributed by atoms with Crippen LogP contribution in [0.15, 0.2) is 12.1 Å². The van der Waals surface area contributed by atoms with Gasteiger partial charge in [0.25, 0.3) is 0 Å². The Kier molecular flexibility index (Phi) is 2.41. The SMILES string of the molecule is [CH3][Sn]([CH3])([CH3])[c]1ccc2c(n1)C(=O)CC2. The van der Waals surface area contributed by atoms with E-state index in [1.54, 1.807) is 0 Å². The summed E-state index contributed by atoms with van der Waals surface area (Å²) in [6, 6.07) is 4.23. The molecule has 74 valence electrons. The maximum absolute atomic E-state index is 11.5. The molecule has 2 rings (SSSR count). The molecule has 3 heteroatoms. The van der Waals surface area contributed by atoms with E-state index in [9.17, 15) is 4.79 Å². The minimum absolute atomic E-state index is 0.234. The van der Waals surface area contributed by atoms with Gasteiger partial charge in [-0.15, -0.1) is 0 Å². The van der Waals surface area contributed by atoms with Crippen molar-refractivity contribution in [3.05, 3.63) is 23.4 Å². The molecule has 0 atom stereocenters. The van der Waals surface area contributed by atoms with Crippen molar-refractivity contribution in [2.45, 2.75) is 27.7 Å². The second-order valence-corrected chi connectivity index (χ2v) is 19.2. The molecule has 0 spiro atoms. The first-order chi connectivity index (χ1) is 6.48. The Labute approximate surface area is 88.6 Å². The van der Waals surface area contributed by atoms with Crippen LogP contribution in [-0.4, -0.2) is 29.1 Å². The van der Waals surface area contributed by atoms with Gasteiger partial charge in [-0.1, -0.05) is 0 Å². The topological polar surface area (TPSA) is 30.0 Å². The van der Waals surface area contributed by atoms with Crippen LogP contribution in [0, 0.1) is 0 Å². The number of carbonyl (C=O) groups excluding carboxylic acids is 1. The van der Waals surface area contributed by atoms with Crippen LogP contribution < -0.4 is 3.71 Å². The first-order valence-electron chi connectivity index (χ1n) is 5.02. The normalized spacial score (nSPS) is 15.8. The fourth-order valence-corrected chi connectivity index (χ4v) is 4.66. The number of aromatic nitrogens is 1. The van der Waals surface area contributed by atoms with Gasteiger partial charge in [-0.2, -0.15) is 0 Å². The summed E-state index contributed by atoms with van der Waals surface area (Å²) in [5.74, 6) is 0.234. The fourth-order valence-electron chi connectivity index (χ4n) is 1.72. The van der Waals surface area contributed by atoms with Gasteiger partial charge in [0.1, 0.15) is 0 Å². The molecule has 1 aromatic rings. The predicted octanol–water partition coefficient (Wildman–Crippen LogP) is 1.76. The van der Waals surface area contributed by atoms with Crippen molar-refractivity contribution < 1.29 is 4.79 Å².